The minimum absolute atomic E-state index is 0.310. The van der Waals surface area contributed by atoms with Crippen LogP contribution in [0.15, 0.2) is 29.6 Å². The lowest BCUT2D eigenvalue weighted by molar-refractivity contribution is 0.00638. The Kier molecular flexibility index (Phi) is 3.86. The number of hydrogen-bond acceptors (Lipinski definition) is 5. The van der Waals surface area contributed by atoms with E-state index in [1.165, 1.54) is 11.3 Å². The number of carbonyl (C=O) groups excluding carboxylic acids is 1. The summed E-state index contributed by atoms with van der Waals surface area (Å²) in [5.41, 5.74) is 1.25. The predicted molar refractivity (Wildman–Crippen MR) is 77.4 cm³/mol. The first-order valence-corrected chi connectivity index (χ1v) is 6.96. The lowest BCUT2D eigenvalue weighted by atomic mass is 10.1. The lowest BCUT2D eigenvalue weighted by Gasteiger charge is -2.18. The third-order valence-corrected chi connectivity index (χ3v) is 3.26. The first-order valence-electron chi connectivity index (χ1n) is 6.08. The van der Waals surface area contributed by atoms with Crippen molar-refractivity contribution in [3.8, 4) is 16.6 Å². The summed E-state index contributed by atoms with van der Waals surface area (Å²) in [5.74, 6) is -0.423. The van der Waals surface area contributed by atoms with E-state index in [-0.39, 0.29) is 0 Å². The summed E-state index contributed by atoms with van der Waals surface area (Å²) >= 11 is 1.38. The molecule has 1 aromatic heterocycles. The first kappa shape index (κ1) is 14.2. The molecule has 0 N–H and O–H groups in total. The van der Waals surface area contributed by atoms with Crippen LogP contribution in [0.5, 0.6) is 0 Å². The number of benzene rings is 1. The van der Waals surface area contributed by atoms with E-state index < -0.39 is 11.6 Å². The van der Waals surface area contributed by atoms with Crippen molar-refractivity contribution in [2.45, 2.75) is 26.4 Å². The molecule has 0 aliphatic carbocycles. The van der Waals surface area contributed by atoms with Gasteiger partial charge in [0.1, 0.15) is 10.6 Å². The van der Waals surface area contributed by atoms with Gasteiger partial charge in [-0.2, -0.15) is 5.26 Å². The Bertz CT molecular complexity index is 660. The number of thiazole rings is 1. The number of esters is 1. The normalized spacial score (nSPS) is 10.9. The number of rotatable bonds is 2. The molecule has 0 bridgehead atoms. The molecule has 2 rings (SSSR count). The van der Waals surface area contributed by atoms with E-state index in [9.17, 15) is 4.79 Å². The Labute approximate surface area is 121 Å². The third-order valence-electron chi connectivity index (χ3n) is 2.37. The summed E-state index contributed by atoms with van der Waals surface area (Å²) in [7, 11) is 0. The van der Waals surface area contributed by atoms with Crippen LogP contribution in [0.3, 0.4) is 0 Å². The van der Waals surface area contributed by atoms with Gasteiger partial charge in [-0.05, 0) is 32.9 Å². The summed E-state index contributed by atoms with van der Waals surface area (Å²) < 4.78 is 5.27. The van der Waals surface area contributed by atoms with Crippen molar-refractivity contribution < 1.29 is 9.53 Å². The summed E-state index contributed by atoms with van der Waals surface area (Å²) in [6, 6.07) is 9.15. The van der Waals surface area contributed by atoms with Gasteiger partial charge in [-0.15, -0.1) is 11.3 Å². The number of aromatic nitrogens is 1. The van der Waals surface area contributed by atoms with Crippen LogP contribution in [0.25, 0.3) is 10.6 Å². The molecule has 1 heterocycles. The van der Waals surface area contributed by atoms with Crippen molar-refractivity contribution in [1.29, 1.82) is 5.26 Å². The van der Waals surface area contributed by atoms with Gasteiger partial charge in [0.25, 0.3) is 0 Å². The SMILES string of the molecule is CC(C)(C)OC(=O)c1csc(-c2ccc(C#N)cc2)n1. The Morgan fingerprint density at radius 2 is 1.95 bits per heavy atom. The Balaban J connectivity index is 2.20. The second kappa shape index (κ2) is 5.43. The summed E-state index contributed by atoms with van der Waals surface area (Å²) in [6.45, 7) is 5.45. The van der Waals surface area contributed by atoms with Gasteiger partial charge in [0, 0.05) is 10.9 Å². The molecule has 102 valence electrons. The maximum Gasteiger partial charge on any atom is 0.358 e. The second-order valence-corrected chi connectivity index (χ2v) is 6.09. The van der Waals surface area contributed by atoms with E-state index in [0.29, 0.717) is 11.3 Å². The van der Waals surface area contributed by atoms with Crippen LogP contribution in [0.1, 0.15) is 36.8 Å². The number of nitriles is 1. The lowest BCUT2D eigenvalue weighted by Crippen LogP contribution is -2.24. The molecular weight excluding hydrogens is 272 g/mol. The van der Waals surface area contributed by atoms with Crippen molar-refractivity contribution in [3.05, 3.63) is 40.9 Å². The van der Waals surface area contributed by atoms with Gasteiger partial charge in [-0.25, -0.2) is 9.78 Å². The average Bonchev–Trinajstić information content (AvgIpc) is 2.86. The largest absolute Gasteiger partial charge is 0.455 e. The molecule has 0 saturated carbocycles. The molecule has 2 aromatic rings. The van der Waals surface area contributed by atoms with Gasteiger partial charge in [0.05, 0.1) is 11.6 Å². The van der Waals surface area contributed by atoms with Crippen LogP contribution in [-0.2, 0) is 4.74 Å². The monoisotopic (exact) mass is 286 g/mol. The molecule has 5 heteroatoms. The quantitative estimate of drug-likeness (QED) is 0.791. The maximum atomic E-state index is 11.9. The Morgan fingerprint density at radius 1 is 1.30 bits per heavy atom. The van der Waals surface area contributed by atoms with Crippen LogP contribution < -0.4 is 0 Å². The van der Waals surface area contributed by atoms with Crippen molar-refractivity contribution >= 4 is 17.3 Å². The highest BCUT2D eigenvalue weighted by Crippen LogP contribution is 2.25. The number of ether oxygens (including phenoxy) is 1. The second-order valence-electron chi connectivity index (χ2n) is 5.23. The molecule has 20 heavy (non-hydrogen) atoms. The van der Waals surface area contributed by atoms with E-state index >= 15 is 0 Å². The number of hydrogen-bond donors (Lipinski definition) is 0. The van der Waals surface area contributed by atoms with Crippen LogP contribution in [0.2, 0.25) is 0 Å². The standard InChI is InChI=1S/C15H14N2O2S/c1-15(2,3)19-14(18)12-9-20-13(17-12)11-6-4-10(8-16)5-7-11/h4-7,9H,1-3H3. The zero-order valence-electron chi connectivity index (χ0n) is 11.5. The highest BCUT2D eigenvalue weighted by molar-refractivity contribution is 7.13. The molecule has 0 spiro atoms. The summed E-state index contributed by atoms with van der Waals surface area (Å²) in [5, 5.41) is 11.2. The molecule has 0 saturated heterocycles. The van der Waals surface area contributed by atoms with E-state index in [1.54, 1.807) is 17.5 Å². The smallest absolute Gasteiger partial charge is 0.358 e. The van der Waals surface area contributed by atoms with Gasteiger partial charge in [-0.1, -0.05) is 12.1 Å². The molecule has 0 amide bonds. The zero-order chi connectivity index (χ0) is 14.8. The van der Waals surface area contributed by atoms with Crippen LogP contribution in [0, 0.1) is 11.3 Å². The molecule has 0 atom stereocenters. The Hall–Kier alpha value is -2.19. The molecule has 0 aliphatic rings. The minimum atomic E-state index is -0.532. The topological polar surface area (TPSA) is 63.0 Å². The van der Waals surface area contributed by atoms with Gasteiger partial charge in [-0.3, -0.25) is 0 Å². The molecule has 1 aromatic carbocycles. The van der Waals surface area contributed by atoms with Gasteiger partial charge < -0.3 is 4.74 Å². The fourth-order valence-electron chi connectivity index (χ4n) is 1.52. The molecular formula is C15H14N2O2S. The van der Waals surface area contributed by atoms with Crippen molar-refractivity contribution in [1.82, 2.24) is 4.98 Å². The number of carbonyl (C=O) groups is 1. The molecule has 4 nitrogen and oxygen atoms in total. The van der Waals surface area contributed by atoms with E-state index in [4.69, 9.17) is 10.00 Å². The third kappa shape index (κ3) is 3.43. The van der Waals surface area contributed by atoms with Crippen molar-refractivity contribution in [2.75, 3.05) is 0 Å². The molecule has 0 aliphatic heterocycles. The highest BCUT2D eigenvalue weighted by Gasteiger charge is 2.20. The zero-order valence-corrected chi connectivity index (χ0v) is 12.3. The van der Waals surface area contributed by atoms with E-state index in [1.807, 2.05) is 32.9 Å². The van der Waals surface area contributed by atoms with Crippen LogP contribution >= 0.6 is 11.3 Å². The number of nitrogens with zero attached hydrogens (tertiary/aromatic N) is 2. The summed E-state index contributed by atoms with van der Waals surface area (Å²) in [4.78, 5) is 16.2. The molecule has 0 fully saturated rings. The van der Waals surface area contributed by atoms with Crippen LogP contribution in [0.4, 0.5) is 0 Å². The maximum absolute atomic E-state index is 11.9. The van der Waals surface area contributed by atoms with Crippen molar-refractivity contribution in [2.24, 2.45) is 0 Å². The fourth-order valence-corrected chi connectivity index (χ4v) is 2.31. The average molecular weight is 286 g/mol. The van der Waals surface area contributed by atoms with E-state index in [2.05, 4.69) is 11.1 Å². The summed E-state index contributed by atoms with van der Waals surface area (Å²) in [6.07, 6.45) is 0. The first-order chi connectivity index (χ1) is 9.39. The Morgan fingerprint density at radius 3 is 2.50 bits per heavy atom. The van der Waals surface area contributed by atoms with Crippen LogP contribution in [-0.4, -0.2) is 16.6 Å². The van der Waals surface area contributed by atoms with Crippen molar-refractivity contribution in [3.63, 3.8) is 0 Å². The predicted octanol–water partition coefficient (Wildman–Crippen LogP) is 3.64. The van der Waals surface area contributed by atoms with Gasteiger partial charge in [0.15, 0.2) is 5.69 Å². The molecule has 0 unspecified atom stereocenters. The van der Waals surface area contributed by atoms with Gasteiger partial charge in [0.2, 0.25) is 0 Å². The van der Waals surface area contributed by atoms with Gasteiger partial charge >= 0.3 is 5.97 Å². The fraction of sp³-hybridized carbons (Fsp3) is 0.267. The molecule has 0 radical (unpaired) electrons. The highest BCUT2D eigenvalue weighted by atomic mass is 32.1. The van der Waals surface area contributed by atoms with E-state index in [0.717, 1.165) is 10.6 Å². The minimum Gasteiger partial charge on any atom is -0.455 e.